The molecule has 3 N–H and O–H groups in total. The van der Waals surface area contributed by atoms with Crippen LogP contribution >= 0.6 is 0 Å². The van der Waals surface area contributed by atoms with Gasteiger partial charge < -0.3 is 20.2 Å². The fraction of sp³-hybridized carbons (Fsp3) is 0.368. The Balaban J connectivity index is 1.82. The van der Waals surface area contributed by atoms with Gasteiger partial charge in [-0.05, 0) is 63.4 Å². The molecule has 0 aliphatic carbocycles. The van der Waals surface area contributed by atoms with Crippen LogP contribution in [-0.2, 0) is 9.59 Å². The Hall–Kier alpha value is -2.60. The Kier molecular flexibility index (Phi) is 5.98. The van der Waals surface area contributed by atoms with Gasteiger partial charge in [0.15, 0.2) is 0 Å². The van der Waals surface area contributed by atoms with Gasteiger partial charge in [0, 0.05) is 17.8 Å². The summed E-state index contributed by atoms with van der Waals surface area (Å²) in [6, 6.07) is 7.22. The molecule has 134 valence electrons. The first-order valence-electron chi connectivity index (χ1n) is 8.19. The molecule has 1 heterocycles. The summed E-state index contributed by atoms with van der Waals surface area (Å²) < 4.78 is 5.37. The average Bonchev–Trinajstić information content (AvgIpc) is 2.89. The lowest BCUT2D eigenvalue weighted by Crippen LogP contribution is -2.36. The number of amides is 2. The molecule has 25 heavy (non-hydrogen) atoms. The SMILES string of the molecule is Cc1cc([C@H](O)CCNC(=O)C(=O)Nc2ccc(C)c(C)c2)c(C)o1. The maximum atomic E-state index is 11.9. The van der Waals surface area contributed by atoms with Crippen LogP contribution in [0.1, 0.15) is 40.7 Å². The Morgan fingerprint density at radius 1 is 1.08 bits per heavy atom. The number of carbonyl (C=O) groups is 2. The van der Waals surface area contributed by atoms with Crippen molar-refractivity contribution in [1.82, 2.24) is 5.32 Å². The third kappa shape index (κ3) is 4.93. The molecule has 0 spiro atoms. The lowest BCUT2D eigenvalue weighted by molar-refractivity contribution is -0.136. The van der Waals surface area contributed by atoms with Gasteiger partial charge >= 0.3 is 11.8 Å². The second kappa shape index (κ2) is 7.98. The standard InChI is InChI=1S/C19H24N2O4/c1-11-5-6-15(9-12(11)2)21-19(24)18(23)20-8-7-17(22)16-10-13(3)25-14(16)4/h5-6,9-10,17,22H,7-8H2,1-4H3,(H,20,23)(H,21,24)/t17-/m1/s1. The van der Waals surface area contributed by atoms with Gasteiger partial charge in [0.05, 0.1) is 6.10 Å². The lowest BCUT2D eigenvalue weighted by Gasteiger charge is -2.11. The van der Waals surface area contributed by atoms with Crippen molar-refractivity contribution in [2.75, 3.05) is 11.9 Å². The number of benzene rings is 1. The highest BCUT2D eigenvalue weighted by Crippen LogP contribution is 2.23. The molecule has 1 aromatic heterocycles. The molecule has 0 saturated heterocycles. The highest BCUT2D eigenvalue weighted by atomic mass is 16.3. The molecular formula is C19H24N2O4. The zero-order valence-corrected chi connectivity index (χ0v) is 15.0. The van der Waals surface area contributed by atoms with Gasteiger partial charge in [0.2, 0.25) is 0 Å². The van der Waals surface area contributed by atoms with Gasteiger partial charge in [-0.1, -0.05) is 6.07 Å². The minimum absolute atomic E-state index is 0.185. The average molecular weight is 344 g/mol. The molecule has 1 aromatic carbocycles. The van der Waals surface area contributed by atoms with E-state index >= 15 is 0 Å². The van der Waals surface area contributed by atoms with E-state index in [0.717, 1.165) is 16.9 Å². The summed E-state index contributed by atoms with van der Waals surface area (Å²) in [5.74, 6) is -0.0780. The summed E-state index contributed by atoms with van der Waals surface area (Å²) in [6.07, 6.45) is -0.455. The second-order valence-corrected chi connectivity index (χ2v) is 6.18. The normalized spacial score (nSPS) is 11.9. The Labute approximate surface area is 147 Å². The maximum Gasteiger partial charge on any atom is 0.313 e. The summed E-state index contributed by atoms with van der Waals surface area (Å²) in [7, 11) is 0. The van der Waals surface area contributed by atoms with Crippen molar-refractivity contribution in [3.05, 3.63) is 52.5 Å². The van der Waals surface area contributed by atoms with Crippen molar-refractivity contribution in [1.29, 1.82) is 0 Å². The van der Waals surface area contributed by atoms with Crippen LogP contribution in [0.15, 0.2) is 28.7 Å². The Morgan fingerprint density at radius 2 is 1.80 bits per heavy atom. The van der Waals surface area contributed by atoms with E-state index < -0.39 is 17.9 Å². The predicted molar refractivity (Wildman–Crippen MR) is 95.3 cm³/mol. The summed E-state index contributed by atoms with van der Waals surface area (Å²) in [5.41, 5.74) is 3.42. The zero-order valence-electron chi connectivity index (χ0n) is 15.0. The van der Waals surface area contributed by atoms with E-state index in [-0.39, 0.29) is 6.54 Å². The lowest BCUT2D eigenvalue weighted by atomic mass is 10.1. The number of nitrogens with one attached hydrogen (secondary N) is 2. The van der Waals surface area contributed by atoms with Crippen LogP contribution in [0.5, 0.6) is 0 Å². The van der Waals surface area contributed by atoms with E-state index in [9.17, 15) is 14.7 Å². The van der Waals surface area contributed by atoms with Crippen molar-refractivity contribution in [2.45, 2.75) is 40.2 Å². The smallest absolute Gasteiger partial charge is 0.313 e. The molecule has 2 amide bonds. The molecule has 0 unspecified atom stereocenters. The molecule has 0 aliphatic rings. The molecule has 0 saturated carbocycles. The predicted octanol–water partition coefficient (Wildman–Crippen LogP) is 2.69. The third-order valence-corrected chi connectivity index (χ3v) is 4.11. The Morgan fingerprint density at radius 3 is 2.40 bits per heavy atom. The van der Waals surface area contributed by atoms with Gasteiger partial charge in [-0.3, -0.25) is 9.59 Å². The molecule has 2 aromatic rings. The van der Waals surface area contributed by atoms with Crippen LogP contribution in [0, 0.1) is 27.7 Å². The highest BCUT2D eigenvalue weighted by molar-refractivity contribution is 6.39. The molecule has 2 rings (SSSR count). The summed E-state index contributed by atoms with van der Waals surface area (Å²) in [4.78, 5) is 23.8. The minimum atomic E-state index is -0.749. The van der Waals surface area contributed by atoms with Crippen molar-refractivity contribution in [3.63, 3.8) is 0 Å². The highest BCUT2D eigenvalue weighted by Gasteiger charge is 2.17. The van der Waals surface area contributed by atoms with Crippen molar-refractivity contribution in [3.8, 4) is 0 Å². The molecule has 0 radical (unpaired) electrons. The summed E-state index contributed by atoms with van der Waals surface area (Å²) in [5, 5.41) is 15.2. The van der Waals surface area contributed by atoms with Crippen LogP contribution < -0.4 is 10.6 Å². The maximum absolute atomic E-state index is 11.9. The van der Waals surface area contributed by atoms with Gasteiger partial charge in [-0.2, -0.15) is 0 Å². The molecule has 6 nitrogen and oxygen atoms in total. The number of hydrogen-bond acceptors (Lipinski definition) is 4. The first-order chi connectivity index (χ1) is 11.8. The van der Waals surface area contributed by atoms with E-state index in [1.165, 1.54) is 0 Å². The van der Waals surface area contributed by atoms with E-state index in [2.05, 4.69) is 10.6 Å². The van der Waals surface area contributed by atoms with Crippen LogP contribution in [0.3, 0.4) is 0 Å². The quantitative estimate of drug-likeness (QED) is 0.727. The molecular weight excluding hydrogens is 320 g/mol. The largest absolute Gasteiger partial charge is 0.466 e. The number of aliphatic hydroxyl groups is 1. The summed E-state index contributed by atoms with van der Waals surface area (Å²) in [6.45, 7) is 7.68. The monoisotopic (exact) mass is 344 g/mol. The number of carbonyl (C=O) groups excluding carboxylic acids is 2. The number of anilines is 1. The molecule has 0 bridgehead atoms. The third-order valence-electron chi connectivity index (χ3n) is 4.11. The molecule has 6 heteroatoms. The number of rotatable bonds is 5. The Bertz CT molecular complexity index is 780. The molecule has 1 atom stereocenters. The van der Waals surface area contributed by atoms with E-state index in [1.54, 1.807) is 19.1 Å². The van der Waals surface area contributed by atoms with E-state index in [0.29, 0.717) is 23.4 Å². The van der Waals surface area contributed by atoms with Crippen molar-refractivity contribution < 1.29 is 19.1 Å². The van der Waals surface area contributed by atoms with E-state index in [1.807, 2.05) is 32.9 Å². The van der Waals surface area contributed by atoms with Crippen molar-refractivity contribution in [2.24, 2.45) is 0 Å². The fourth-order valence-corrected chi connectivity index (χ4v) is 2.55. The zero-order chi connectivity index (χ0) is 18.6. The first-order valence-corrected chi connectivity index (χ1v) is 8.19. The van der Waals surface area contributed by atoms with Crippen LogP contribution in [0.4, 0.5) is 5.69 Å². The van der Waals surface area contributed by atoms with Crippen LogP contribution in [-0.4, -0.2) is 23.5 Å². The number of hydrogen-bond donors (Lipinski definition) is 3. The van der Waals surface area contributed by atoms with Gasteiger partial charge in [0.25, 0.3) is 0 Å². The fourth-order valence-electron chi connectivity index (χ4n) is 2.55. The van der Waals surface area contributed by atoms with E-state index in [4.69, 9.17) is 4.42 Å². The number of aliphatic hydroxyl groups excluding tert-OH is 1. The minimum Gasteiger partial charge on any atom is -0.466 e. The molecule has 0 aliphatic heterocycles. The van der Waals surface area contributed by atoms with Gasteiger partial charge in [-0.15, -0.1) is 0 Å². The number of furan rings is 1. The number of aryl methyl sites for hydroxylation is 4. The molecule has 0 fully saturated rings. The first kappa shape index (κ1) is 18.7. The van der Waals surface area contributed by atoms with Crippen molar-refractivity contribution >= 4 is 17.5 Å². The summed E-state index contributed by atoms with van der Waals surface area (Å²) >= 11 is 0. The van der Waals surface area contributed by atoms with Gasteiger partial charge in [0.1, 0.15) is 11.5 Å². The van der Waals surface area contributed by atoms with Crippen LogP contribution in [0.2, 0.25) is 0 Å². The second-order valence-electron chi connectivity index (χ2n) is 6.18. The topological polar surface area (TPSA) is 91.6 Å². The van der Waals surface area contributed by atoms with Crippen LogP contribution in [0.25, 0.3) is 0 Å². The van der Waals surface area contributed by atoms with Gasteiger partial charge in [-0.25, -0.2) is 0 Å².